The Kier molecular flexibility index (Phi) is 5.54. The van der Waals surface area contributed by atoms with Crippen molar-refractivity contribution in [2.45, 2.75) is 18.4 Å². The van der Waals surface area contributed by atoms with E-state index in [-0.39, 0.29) is 6.61 Å². The second-order valence-corrected chi connectivity index (χ2v) is 4.70. The molecule has 1 aliphatic carbocycles. The highest BCUT2D eigenvalue weighted by Gasteiger charge is 2.28. The van der Waals surface area contributed by atoms with Crippen LogP contribution >= 0.6 is 0 Å². The number of hydrogen-bond donors (Lipinski definition) is 1. The quantitative estimate of drug-likeness (QED) is 0.476. The van der Waals surface area contributed by atoms with Gasteiger partial charge in [0.25, 0.3) is 0 Å². The van der Waals surface area contributed by atoms with Gasteiger partial charge in [0.2, 0.25) is 0 Å². The molecular formula is C16H18N2O3. The first-order chi connectivity index (χ1) is 10.3. The maximum atomic E-state index is 11.2. The standard InChI is InChI=1S/C16H18N2O3/c19-11-4-12-21-16(13-20)9-7-15(8-10-16)18-17-14-5-2-1-3-6-14/h1-3,5-9,13,19H,4,10-12H2. The van der Waals surface area contributed by atoms with Crippen molar-refractivity contribution in [2.24, 2.45) is 10.2 Å². The summed E-state index contributed by atoms with van der Waals surface area (Å²) >= 11 is 0. The van der Waals surface area contributed by atoms with Gasteiger partial charge in [0.05, 0.1) is 18.0 Å². The number of aldehydes is 1. The van der Waals surface area contributed by atoms with Crippen molar-refractivity contribution in [2.75, 3.05) is 13.2 Å². The summed E-state index contributed by atoms with van der Waals surface area (Å²) in [6.45, 7) is 0.388. The molecule has 1 N–H and O–H groups in total. The first kappa shape index (κ1) is 15.3. The molecule has 0 saturated heterocycles. The lowest BCUT2D eigenvalue weighted by atomic mass is 9.95. The van der Waals surface area contributed by atoms with Crippen LogP contribution in [0.5, 0.6) is 0 Å². The van der Waals surface area contributed by atoms with Gasteiger partial charge in [0.15, 0.2) is 6.29 Å². The molecule has 1 unspecified atom stereocenters. The summed E-state index contributed by atoms with van der Waals surface area (Å²) in [7, 11) is 0. The van der Waals surface area contributed by atoms with E-state index in [1.165, 1.54) is 0 Å². The number of nitrogens with zero attached hydrogens (tertiary/aromatic N) is 2. The lowest BCUT2D eigenvalue weighted by Gasteiger charge is -2.25. The molecule has 21 heavy (non-hydrogen) atoms. The molecule has 5 nitrogen and oxygen atoms in total. The third-order valence-corrected chi connectivity index (χ3v) is 3.08. The van der Waals surface area contributed by atoms with Crippen molar-refractivity contribution in [3.8, 4) is 0 Å². The van der Waals surface area contributed by atoms with Gasteiger partial charge in [-0.05, 0) is 30.7 Å². The third kappa shape index (κ3) is 4.44. The van der Waals surface area contributed by atoms with Gasteiger partial charge in [0.1, 0.15) is 5.60 Å². The number of aliphatic hydroxyl groups excluding tert-OH is 1. The third-order valence-electron chi connectivity index (χ3n) is 3.08. The summed E-state index contributed by atoms with van der Waals surface area (Å²) in [5.41, 5.74) is 0.529. The molecule has 1 aromatic rings. The van der Waals surface area contributed by atoms with E-state index in [4.69, 9.17) is 9.84 Å². The number of carbonyl (C=O) groups excluding carboxylic acids is 1. The topological polar surface area (TPSA) is 71.2 Å². The summed E-state index contributed by atoms with van der Waals surface area (Å²) in [6, 6.07) is 9.44. The number of aliphatic hydroxyl groups is 1. The molecule has 0 bridgehead atoms. The van der Waals surface area contributed by atoms with Crippen LogP contribution < -0.4 is 0 Å². The van der Waals surface area contributed by atoms with E-state index in [2.05, 4.69) is 10.2 Å². The van der Waals surface area contributed by atoms with Crippen molar-refractivity contribution >= 4 is 12.0 Å². The number of ether oxygens (including phenoxy) is 1. The highest BCUT2D eigenvalue weighted by Crippen LogP contribution is 2.25. The Morgan fingerprint density at radius 1 is 1.29 bits per heavy atom. The average molecular weight is 286 g/mol. The van der Waals surface area contributed by atoms with Crippen molar-refractivity contribution in [3.63, 3.8) is 0 Å². The van der Waals surface area contributed by atoms with Gasteiger partial charge in [-0.3, -0.25) is 4.79 Å². The van der Waals surface area contributed by atoms with E-state index < -0.39 is 5.60 Å². The predicted octanol–water partition coefficient (Wildman–Crippen LogP) is 2.95. The second kappa shape index (κ2) is 7.61. The Bertz CT molecular complexity index is 552. The van der Waals surface area contributed by atoms with Gasteiger partial charge in [-0.15, -0.1) is 0 Å². The summed E-state index contributed by atoms with van der Waals surface area (Å²) in [6.07, 6.45) is 6.94. The van der Waals surface area contributed by atoms with Crippen molar-refractivity contribution in [1.29, 1.82) is 0 Å². The average Bonchev–Trinajstić information content (AvgIpc) is 2.55. The minimum atomic E-state index is -0.944. The first-order valence-electron chi connectivity index (χ1n) is 6.85. The molecule has 1 aromatic carbocycles. The number of benzene rings is 1. The molecule has 0 amide bonds. The van der Waals surface area contributed by atoms with Crippen LogP contribution in [0.1, 0.15) is 12.8 Å². The number of rotatable bonds is 7. The van der Waals surface area contributed by atoms with Gasteiger partial charge in [-0.2, -0.15) is 10.2 Å². The SMILES string of the molecule is O=CC1(OCCCO)C=CC(N=Nc2ccccc2)=CC1. The van der Waals surface area contributed by atoms with Crippen LogP contribution in [0.2, 0.25) is 0 Å². The smallest absolute Gasteiger partial charge is 0.156 e. The summed E-state index contributed by atoms with van der Waals surface area (Å²) in [5, 5.41) is 17.0. The monoisotopic (exact) mass is 286 g/mol. The largest absolute Gasteiger partial charge is 0.396 e. The van der Waals surface area contributed by atoms with Gasteiger partial charge in [-0.25, -0.2) is 0 Å². The Labute approximate surface area is 123 Å². The fourth-order valence-electron chi connectivity index (χ4n) is 1.87. The summed E-state index contributed by atoms with van der Waals surface area (Å²) in [5.74, 6) is 0. The Balaban J connectivity index is 1.96. The molecule has 0 heterocycles. The van der Waals surface area contributed by atoms with Crippen LogP contribution in [0.3, 0.4) is 0 Å². The van der Waals surface area contributed by atoms with Crippen LogP contribution in [0.4, 0.5) is 5.69 Å². The molecule has 5 heteroatoms. The maximum absolute atomic E-state index is 11.2. The van der Waals surface area contributed by atoms with Gasteiger partial charge >= 0.3 is 0 Å². The highest BCUT2D eigenvalue weighted by molar-refractivity contribution is 5.68. The molecule has 110 valence electrons. The van der Waals surface area contributed by atoms with Gasteiger partial charge in [-0.1, -0.05) is 24.3 Å². The fourth-order valence-corrected chi connectivity index (χ4v) is 1.87. The van der Waals surface area contributed by atoms with Crippen LogP contribution in [0, 0.1) is 0 Å². The highest BCUT2D eigenvalue weighted by atomic mass is 16.5. The zero-order valence-corrected chi connectivity index (χ0v) is 11.7. The minimum absolute atomic E-state index is 0.0467. The molecule has 0 aromatic heterocycles. The molecule has 0 radical (unpaired) electrons. The number of carbonyl (C=O) groups is 1. The van der Waals surface area contributed by atoms with E-state index in [0.29, 0.717) is 25.1 Å². The molecule has 2 rings (SSSR count). The van der Waals surface area contributed by atoms with Gasteiger partial charge in [0, 0.05) is 13.0 Å². The minimum Gasteiger partial charge on any atom is -0.396 e. The Morgan fingerprint density at radius 3 is 2.71 bits per heavy atom. The van der Waals surface area contributed by atoms with E-state index in [1.54, 1.807) is 12.2 Å². The van der Waals surface area contributed by atoms with Gasteiger partial charge < -0.3 is 9.84 Å². The lowest BCUT2D eigenvalue weighted by Crippen LogP contribution is -2.33. The van der Waals surface area contributed by atoms with Crippen LogP contribution in [-0.4, -0.2) is 30.2 Å². The molecule has 0 aliphatic heterocycles. The van der Waals surface area contributed by atoms with Crippen molar-refractivity contribution in [1.82, 2.24) is 0 Å². The zero-order valence-electron chi connectivity index (χ0n) is 11.7. The number of azo groups is 1. The molecular weight excluding hydrogens is 268 g/mol. The number of allylic oxidation sites excluding steroid dienone is 1. The van der Waals surface area contributed by atoms with Crippen LogP contribution in [0.25, 0.3) is 0 Å². The van der Waals surface area contributed by atoms with Crippen molar-refractivity contribution < 1.29 is 14.6 Å². The van der Waals surface area contributed by atoms with E-state index >= 15 is 0 Å². The van der Waals surface area contributed by atoms with E-state index in [0.717, 1.165) is 12.0 Å². The molecule has 0 saturated carbocycles. The summed E-state index contributed by atoms with van der Waals surface area (Å²) in [4.78, 5) is 11.2. The second-order valence-electron chi connectivity index (χ2n) is 4.70. The zero-order chi connectivity index (χ0) is 15.0. The normalized spacial score (nSPS) is 21.5. The summed E-state index contributed by atoms with van der Waals surface area (Å²) < 4.78 is 5.54. The lowest BCUT2D eigenvalue weighted by molar-refractivity contribution is -0.125. The van der Waals surface area contributed by atoms with Crippen molar-refractivity contribution in [3.05, 3.63) is 54.3 Å². The molecule has 1 atom stereocenters. The van der Waals surface area contributed by atoms with Crippen LogP contribution in [-0.2, 0) is 9.53 Å². The maximum Gasteiger partial charge on any atom is 0.156 e. The Morgan fingerprint density at radius 2 is 2.10 bits per heavy atom. The molecule has 0 fully saturated rings. The van der Waals surface area contributed by atoms with E-state index in [9.17, 15) is 4.79 Å². The van der Waals surface area contributed by atoms with Crippen LogP contribution in [0.15, 0.2) is 64.5 Å². The van der Waals surface area contributed by atoms with E-state index in [1.807, 2.05) is 36.4 Å². The molecule has 0 spiro atoms. The molecule has 1 aliphatic rings. The first-order valence-corrected chi connectivity index (χ1v) is 6.85. The Hall–Kier alpha value is -2.11. The fraction of sp³-hybridized carbons (Fsp3) is 0.312. The predicted molar refractivity (Wildman–Crippen MR) is 79.2 cm³/mol. The number of hydrogen-bond acceptors (Lipinski definition) is 5.